The minimum Gasteiger partial charge on any atom is -0.457 e. The molecule has 6 heteroatoms. The lowest BCUT2D eigenvalue weighted by Crippen LogP contribution is -2.51. The van der Waals surface area contributed by atoms with Crippen molar-refractivity contribution in [1.29, 1.82) is 0 Å². The molecule has 238 valence electrons. The van der Waals surface area contributed by atoms with Crippen LogP contribution >= 0.6 is 0 Å². The fourth-order valence-corrected chi connectivity index (χ4v) is 10.6. The van der Waals surface area contributed by atoms with Gasteiger partial charge in [-0.2, -0.15) is 0 Å². The number of hydrogen-bond donors (Lipinski definition) is 1. The van der Waals surface area contributed by atoms with Crippen molar-refractivity contribution in [3.8, 4) is 11.1 Å². The summed E-state index contributed by atoms with van der Waals surface area (Å²) in [6.07, 6.45) is 9.90. The normalized spacial score (nSPS) is 33.8. The van der Waals surface area contributed by atoms with Crippen molar-refractivity contribution in [2.75, 3.05) is 6.61 Å². The average molecular weight is 610 g/mol. The quantitative estimate of drug-likeness (QED) is 0.265. The molecule has 5 aliphatic rings. The highest BCUT2D eigenvalue weighted by atomic mass is 16.6. The van der Waals surface area contributed by atoms with Crippen molar-refractivity contribution in [2.24, 2.45) is 34.5 Å². The SMILES string of the molecule is CC(=O)[C@H]1CC[C@H]2[C@@H]3CCC4=C[C@@H](OC(=O)[C@H](C)NC(=O)OCC5c6ccccc6-c6ccccc65)CC[C@]4(C)[C@H]3CC[C@]12C. The molecule has 0 unspecified atom stereocenters. The van der Waals surface area contributed by atoms with Crippen LogP contribution in [-0.2, 0) is 19.1 Å². The molecule has 0 radical (unpaired) electrons. The summed E-state index contributed by atoms with van der Waals surface area (Å²) in [6, 6.07) is 15.6. The second-order valence-electron chi connectivity index (χ2n) is 15.0. The molecule has 3 saturated carbocycles. The van der Waals surface area contributed by atoms with Gasteiger partial charge in [-0.25, -0.2) is 9.59 Å². The van der Waals surface area contributed by atoms with Gasteiger partial charge in [0, 0.05) is 11.8 Å². The lowest BCUT2D eigenvalue weighted by molar-refractivity contribution is -0.150. The number of hydrogen-bond acceptors (Lipinski definition) is 5. The molecule has 0 saturated heterocycles. The van der Waals surface area contributed by atoms with E-state index in [2.05, 4.69) is 49.5 Å². The minimum atomic E-state index is -0.810. The van der Waals surface area contributed by atoms with E-state index in [1.54, 1.807) is 13.8 Å². The van der Waals surface area contributed by atoms with Gasteiger partial charge in [0.25, 0.3) is 0 Å². The topological polar surface area (TPSA) is 81.7 Å². The number of esters is 1. The summed E-state index contributed by atoms with van der Waals surface area (Å²) in [7, 11) is 0. The lowest BCUT2D eigenvalue weighted by atomic mass is 9.46. The van der Waals surface area contributed by atoms with Crippen LogP contribution in [0.1, 0.15) is 96.1 Å². The lowest BCUT2D eigenvalue weighted by Gasteiger charge is -2.58. The Morgan fingerprint density at radius 1 is 0.889 bits per heavy atom. The summed E-state index contributed by atoms with van der Waals surface area (Å²) in [5, 5.41) is 2.70. The van der Waals surface area contributed by atoms with Crippen molar-refractivity contribution in [2.45, 2.75) is 97.1 Å². The number of ether oxygens (including phenoxy) is 2. The van der Waals surface area contributed by atoms with E-state index in [1.165, 1.54) is 29.5 Å². The Morgan fingerprint density at radius 3 is 2.27 bits per heavy atom. The van der Waals surface area contributed by atoms with Gasteiger partial charge >= 0.3 is 12.1 Å². The molecule has 3 fully saturated rings. The number of amides is 1. The van der Waals surface area contributed by atoms with Crippen molar-refractivity contribution in [3.05, 3.63) is 71.3 Å². The van der Waals surface area contributed by atoms with Crippen molar-refractivity contribution >= 4 is 17.8 Å². The number of carbonyl (C=O) groups is 3. The molecule has 1 amide bonds. The van der Waals surface area contributed by atoms with Crippen LogP contribution < -0.4 is 5.32 Å². The molecule has 45 heavy (non-hydrogen) atoms. The van der Waals surface area contributed by atoms with E-state index < -0.39 is 18.1 Å². The van der Waals surface area contributed by atoms with E-state index in [0.29, 0.717) is 23.5 Å². The van der Waals surface area contributed by atoms with Crippen LogP contribution in [0.2, 0.25) is 0 Å². The van der Waals surface area contributed by atoms with Gasteiger partial charge in [-0.1, -0.05) is 68.0 Å². The molecule has 8 atom stereocenters. The van der Waals surface area contributed by atoms with Gasteiger partial charge in [-0.05, 0) is 122 Å². The fraction of sp³-hybridized carbons (Fsp3) is 0.564. The van der Waals surface area contributed by atoms with E-state index in [9.17, 15) is 14.4 Å². The first-order valence-corrected chi connectivity index (χ1v) is 17.1. The number of carbonyl (C=O) groups excluding carboxylic acids is 3. The molecule has 0 aromatic heterocycles. The molecule has 0 bridgehead atoms. The van der Waals surface area contributed by atoms with Gasteiger partial charge in [0.2, 0.25) is 0 Å². The molecule has 0 spiro atoms. The van der Waals surface area contributed by atoms with Gasteiger partial charge in [0.15, 0.2) is 0 Å². The Balaban J connectivity index is 0.946. The summed E-state index contributed by atoms with van der Waals surface area (Å²) in [5.41, 5.74) is 6.38. The van der Waals surface area contributed by atoms with E-state index in [0.717, 1.165) is 49.7 Å². The van der Waals surface area contributed by atoms with Crippen molar-refractivity contribution in [1.82, 2.24) is 5.32 Å². The predicted octanol–water partition coefficient (Wildman–Crippen LogP) is 7.99. The Bertz CT molecular complexity index is 1500. The molecule has 2 aromatic carbocycles. The highest BCUT2D eigenvalue weighted by Gasteiger charge is 2.59. The van der Waals surface area contributed by atoms with Crippen LogP contribution in [0, 0.1) is 34.5 Å². The predicted molar refractivity (Wildman–Crippen MR) is 173 cm³/mol. The number of alkyl carbamates (subject to hydrolysis) is 1. The maximum absolute atomic E-state index is 13.1. The Hall–Kier alpha value is -3.41. The Labute approximate surface area is 267 Å². The van der Waals surface area contributed by atoms with Gasteiger partial charge in [-0.15, -0.1) is 0 Å². The number of fused-ring (bicyclic) bond motifs is 8. The number of allylic oxidation sites excluding steroid dienone is 1. The number of Topliss-reactive ketones (excluding diaryl/α,β-unsaturated/α-hetero) is 1. The summed E-state index contributed by atoms with van der Waals surface area (Å²) >= 11 is 0. The Morgan fingerprint density at radius 2 is 1.58 bits per heavy atom. The third kappa shape index (κ3) is 5.03. The molecular weight excluding hydrogens is 562 g/mol. The van der Waals surface area contributed by atoms with Crippen LogP contribution in [0.5, 0.6) is 0 Å². The van der Waals surface area contributed by atoms with Crippen LogP contribution in [0.3, 0.4) is 0 Å². The smallest absolute Gasteiger partial charge is 0.407 e. The zero-order chi connectivity index (χ0) is 31.5. The monoisotopic (exact) mass is 609 g/mol. The largest absolute Gasteiger partial charge is 0.457 e. The first-order chi connectivity index (χ1) is 21.6. The van der Waals surface area contributed by atoms with Crippen LogP contribution in [0.15, 0.2) is 60.2 Å². The van der Waals surface area contributed by atoms with Crippen LogP contribution in [0.25, 0.3) is 11.1 Å². The van der Waals surface area contributed by atoms with Crippen molar-refractivity contribution < 1.29 is 23.9 Å². The second-order valence-corrected chi connectivity index (χ2v) is 15.0. The first-order valence-electron chi connectivity index (χ1n) is 17.1. The molecule has 6 nitrogen and oxygen atoms in total. The van der Waals surface area contributed by atoms with Gasteiger partial charge in [-0.3, -0.25) is 4.79 Å². The number of ketones is 1. The molecular formula is C39H47NO5. The zero-order valence-electron chi connectivity index (χ0n) is 27.1. The highest BCUT2D eigenvalue weighted by Crippen LogP contribution is 2.66. The molecule has 0 aliphatic heterocycles. The van der Waals surface area contributed by atoms with E-state index in [4.69, 9.17) is 9.47 Å². The summed E-state index contributed by atoms with van der Waals surface area (Å²) in [5.74, 6) is 2.09. The fourth-order valence-electron chi connectivity index (χ4n) is 10.6. The van der Waals surface area contributed by atoms with E-state index in [-0.39, 0.29) is 35.4 Å². The molecule has 7 rings (SSSR count). The third-order valence-electron chi connectivity index (χ3n) is 12.9. The van der Waals surface area contributed by atoms with Crippen molar-refractivity contribution in [3.63, 3.8) is 0 Å². The van der Waals surface area contributed by atoms with Gasteiger partial charge < -0.3 is 14.8 Å². The van der Waals surface area contributed by atoms with Gasteiger partial charge in [0.05, 0.1) is 0 Å². The summed E-state index contributed by atoms with van der Waals surface area (Å²) in [4.78, 5) is 38.4. The third-order valence-corrected chi connectivity index (χ3v) is 12.9. The maximum atomic E-state index is 13.1. The average Bonchev–Trinajstić information content (AvgIpc) is 3.55. The Kier molecular flexibility index (Phi) is 7.69. The maximum Gasteiger partial charge on any atom is 0.407 e. The molecule has 2 aromatic rings. The minimum absolute atomic E-state index is 0.0363. The molecule has 5 aliphatic carbocycles. The first kappa shape index (κ1) is 30.3. The van der Waals surface area contributed by atoms with Crippen LogP contribution in [-0.4, -0.2) is 36.6 Å². The number of nitrogens with one attached hydrogen (secondary N) is 1. The zero-order valence-corrected chi connectivity index (χ0v) is 27.1. The second kappa shape index (κ2) is 11.4. The van der Waals surface area contributed by atoms with E-state index in [1.807, 2.05) is 24.3 Å². The molecule has 0 heterocycles. The number of benzene rings is 2. The highest BCUT2D eigenvalue weighted by molar-refractivity contribution is 5.82. The summed E-state index contributed by atoms with van der Waals surface area (Å²) < 4.78 is 11.6. The molecule has 1 N–H and O–H groups in total. The van der Waals surface area contributed by atoms with Crippen LogP contribution in [0.4, 0.5) is 4.79 Å². The standard InChI is InChI=1S/C39H47NO5/c1-23(40-37(43)44-22-32-29-11-7-5-9-27(29)28-10-6-8-12-30(28)32)36(42)45-26-17-19-38(3)25(21-26)13-14-31-34-16-15-33(24(2)41)39(34,4)20-18-35(31)38/h5-12,21,23,26,31-35H,13-20,22H2,1-4H3,(H,40,43)/t23-,26-,31-,33+,34-,35-,38-,39+/m0/s1. The van der Waals surface area contributed by atoms with E-state index >= 15 is 0 Å². The number of rotatable bonds is 6. The van der Waals surface area contributed by atoms with Gasteiger partial charge in [0.1, 0.15) is 24.5 Å². The summed E-state index contributed by atoms with van der Waals surface area (Å²) in [6.45, 7) is 8.49.